The van der Waals surface area contributed by atoms with Crippen molar-refractivity contribution in [2.24, 2.45) is 0 Å². The molecule has 0 saturated carbocycles. The van der Waals surface area contributed by atoms with E-state index in [1.807, 2.05) is 26.8 Å². The van der Waals surface area contributed by atoms with Crippen molar-refractivity contribution in [1.82, 2.24) is 4.98 Å². The number of carbonyl (C=O) groups is 2. The predicted molar refractivity (Wildman–Crippen MR) is 96.4 cm³/mol. The van der Waals surface area contributed by atoms with Gasteiger partial charge in [0.15, 0.2) is 0 Å². The maximum atomic E-state index is 12.8. The highest BCUT2D eigenvalue weighted by Gasteiger charge is 2.16. The standard InChI is InChI=1S/C18H23N3O3/c1-4-6-14(22)20-16-17(24)12-10-11(3)8-9-13(12)19-18(16)21-15(23)7-5-2/h8-10H,4-7H2,1-3H3,(H,20,22)(H2,19,21,23,24). The second kappa shape index (κ2) is 7.77. The molecule has 6 heteroatoms. The summed E-state index contributed by atoms with van der Waals surface area (Å²) in [5.74, 6) is -0.217. The van der Waals surface area contributed by atoms with Gasteiger partial charge in [-0.1, -0.05) is 25.5 Å². The Morgan fingerprint density at radius 2 is 1.67 bits per heavy atom. The van der Waals surface area contributed by atoms with Crippen LogP contribution in [0.25, 0.3) is 10.9 Å². The maximum absolute atomic E-state index is 12.8. The molecule has 0 unspecified atom stereocenters. The van der Waals surface area contributed by atoms with Crippen LogP contribution >= 0.6 is 0 Å². The van der Waals surface area contributed by atoms with Gasteiger partial charge in [-0.15, -0.1) is 0 Å². The van der Waals surface area contributed by atoms with Crippen LogP contribution in [0.3, 0.4) is 0 Å². The fraction of sp³-hybridized carbons (Fsp3) is 0.389. The quantitative estimate of drug-likeness (QED) is 0.759. The van der Waals surface area contributed by atoms with Crippen LogP contribution in [0.2, 0.25) is 0 Å². The number of hydrogen-bond acceptors (Lipinski definition) is 3. The Hall–Kier alpha value is -2.63. The van der Waals surface area contributed by atoms with E-state index < -0.39 is 0 Å². The summed E-state index contributed by atoms with van der Waals surface area (Å²) in [6, 6.07) is 5.44. The topological polar surface area (TPSA) is 91.1 Å². The zero-order valence-electron chi connectivity index (χ0n) is 14.3. The van der Waals surface area contributed by atoms with Crippen molar-refractivity contribution in [3.05, 3.63) is 34.0 Å². The Kier molecular flexibility index (Phi) is 5.73. The number of aryl methyl sites for hydroxylation is 1. The number of amides is 2. The molecule has 2 rings (SSSR count). The molecule has 0 fully saturated rings. The molecule has 1 heterocycles. The lowest BCUT2D eigenvalue weighted by atomic mass is 10.1. The monoisotopic (exact) mass is 329 g/mol. The van der Waals surface area contributed by atoms with Crippen molar-refractivity contribution in [2.45, 2.75) is 46.5 Å². The second-order valence-electron chi connectivity index (χ2n) is 5.85. The van der Waals surface area contributed by atoms with E-state index in [4.69, 9.17) is 0 Å². The van der Waals surface area contributed by atoms with Gasteiger partial charge in [-0.05, 0) is 31.9 Å². The molecule has 24 heavy (non-hydrogen) atoms. The summed E-state index contributed by atoms with van der Waals surface area (Å²) in [4.78, 5) is 39.7. The molecule has 3 N–H and O–H groups in total. The number of H-pyrrole nitrogens is 1. The van der Waals surface area contributed by atoms with Gasteiger partial charge in [0, 0.05) is 18.2 Å². The van der Waals surface area contributed by atoms with Crippen LogP contribution in [-0.2, 0) is 9.59 Å². The van der Waals surface area contributed by atoms with Gasteiger partial charge in [-0.3, -0.25) is 14.4 Å². The first kappa shape index (κ1) is 17.7. The van der Waals surface area contributed by atoms with Gasteiger partial charge >= 0.3 is 0 Å². The number of rotatable bonds is 6. The van der Waals surface area contributed by atoms with E-state index in [1.54, 1.807) is 12.1 Å². The summed E-state index contributed by atoms with van der Waals surface area (Å²) in [5.41, 5.74) is 1.35. The minimum absolute atomic E-state index is 0.0935. The van der Waals surface area contributed by atoms with Gasteiger partial charge in [0.2, 0.25) is 17.2 Å². The number of pyridine rings is 1. The average Bonchev–Trinajstić information content (AvgIpc) is 2.52. The van der Waals surface area contributed by atoms with Crippen LogP contribution in [0.1, 0.15) is 45.1 Å². The van der Waals surface area contributed by atoms with E-state index in [1.165, 1.54) is 0 Å². The van der Waals surface area contributed by atoms with Crippen LogP contribution in [-0.4, -0.2) is 16.8 Å². The molecular weight excluding hydrogens is 306 g/mol. The number of nitrogens with one attached hydrogen (secondary N) is 3. The number of benzene rings is 1. The van der Waals surface area contributed by atoms with E-state index in [9.17, 15) is 14.4 Å². The Morgan fingerprint density at radius 3 is 2.29 bits per heavy atom. The summed E-state index contributed by atoms with van der Waals surface area (Å²) < 4.78 is 0. The Bertz CT molecular complexity index is 824. The Labute approximate surface area is 140 Å². The number of aromatic amines is 1. The molecule has 2 amide bonds. The normalized spacial score (nSPS) is 10.6. The molecule has 0 atom stereocenters. The summed E-state index contributed by atoms with van der Waals surface area (Å²) in [6.07, 6.45) is 2.03. The zero-order valence-corrected chi connectivity index (χ0v) is 14.3. The number of carbonyl (C=O) groups excluding carboxylic acids is 2. The highest BCUT2D eigenvalue weighted by Crippen LogP contribution is 2.21. The van der Waals surface area contributed by atoms with Crippen LogP contribution in [0, 0.1) is 6.92 Å². The number of anilines is 2. The van der Waals surface area contributed by atoms with Gasteiger partial charge in [-0.25, -0.2) is 0 Å². The molecule has 0 bridgehead atoms. The number of aromatic nitrogens is 1. The SMILES string of the molecule is CCCC(=O)Nc1[nH]c2ccc(C)cc2c(=O)c1NC(=O)CCC. The second-order valence-corrected chi connectivity index (χ2v) is 5.85. The van der Waals surface area contributed by atoms with Crippen LogP contribution in [0.15, 0.2) is 23.0 Å². The van der Waals surface area contributed by atoms with Crippen LogP contribution in [0.4, 0.5) is 11.5 Å². The van der Waals surface area contributed by atoms with E-state index in [-0.39, 0.29) is 28.7 Å². The zero-order chi connectivity index (χ0) is 17.7. The molecule has 6 nitrogen and oxygen atoms in total. The Morgan fingerprint density at radius 1 is 1.04 bits per heavy atom. The van der Waals surface area contributed by atoms with E-state index >= 15 is 0 Å². The Balaban J connectivity index is 2.55. The fourth-order valence-electron chi connectivity index (χ4n) is 2.47. The first-order chi connectivity index (χ1) is 11.5. The highest BCUT2D eigenvalue weighted by atomic mass is 16.2. The summed E-state index contributed by atoms with van der Waals surface area (Å²) in [5, 5.41) is 5.82. The van der Waals surface area contributed by atoms with Gasteiger partial charge < -0.3 is 15.6 Å². The molecule has 0 aliphatic carbocycles. The summed E-state index contributed by atoms with van der Waals surface area (Å²) >= 11 is 0. The lowest BCUT2D eigenvalue weighted by Gasteiger charge is -2.13. The van der Waals surface area contributed by atoms with Gasteiger partial charge in [0.1, 0.15) is 11.5 Å². The maximum Gasteiger partial charge on any atom is 0.225 e. The molecule has 128 valence electrons. The smallest absolute Gasteiger partial charge is 0.225 e. The van der Waals surface area contributed by atoms with Crippen molar-refractivity contribution in [3.63, 3.8) is 0 Å². The van der Waals surface area contributed by atoms with E-state index in [2.05, 4.69) is 15.6 Å². The van der Waals surface area contributed by atoms with Crippen LogP contribution < -0.4 is 16.1 Å². The molecule has 0 saturated heterocycles. The van der Waals surface area contributed by atoms with Crippen molar-refractivity contribution < 1.29 is 9.59 Å². The molecule has 1 aromatic heterocycles. The molecule has 0 spiro atoms. The lowest BCUT2D eigenvalue weighted by molar-refractivity contribution is -0.117. The molecule has 0 radical (unpaired) electrons. The number of hydrogen-bond donors (Lipinski definition) is 3. The lowest BCUT2D eigenvalue weighted by Crippen LogP contribution is -2.23. The van der Waals surface area contributed by atoms with Crippen molar-refractivity contribution in [3.8, 4) is 0 Å². The van der Waals surface area contributed by atoms with E-state index in [0.717, 1.165) is 5.56 Å². The summed E-state index contributed by atoms with van der Waals surface area (Å²) in [7, 11) is 0. The van der Waals surface area contributed by atoms with Gasteiger partial charge in [0.25, 0.3) is 0 Å². The minimum Gasteiger partial charge on any atom is -0.339 e. The third-order valence-electron chi connectivity index (χ3n) is 3.64. The third-order valence-corrected chi connectivity index (χ3v) is 3.64. The van der Waals surface area contributed by atoms with Crippen LogP contribution in [0.5, 0.6) is 0 Å². The van der Waals surface area contributed by atoms with Gasteiger partial charge in [-0.2, -0.15) is 0 Å². The molecular formula is C18H23N3O3. The van der Waals surface area contributed by atoms with Gasteiger partial charge in [0.05, 0.1) is 5.52 Å². The fourth-order valence-corrected chi connectivity index (χ4v) is 2.47. The highest BCUT2D eigenvalue weighted by molar-refractivity contribution is 6.01. The minimum atomic E-state index is -0.302. The van der Waals surface area contributed by atoms with Crippen molar-refractivity contribution in [1.29, 1.82) is 0 Å². The first-order valence-corrected chi connectivity index (χ1v) is 8.22. The third kappa shape index (κ3) is 4.01. The van der Waals surface area contributed by atoms with Crippen molar-refractivity contribution >= 4 is 34.2 Å². The molecule has 0 aliphatic heterocycles. The first-order valence-electron chi connectivity index (χ1n) is 8.22. The predicted octanol–water partition coefficient (Wildman–Crippen LogP) is 3.31. The molecule has 2 aromatic rings. The van der Waals surface area contributed by atoms with E-state index in [0.29, 0.717) is 36.6 Å². The summed E-state index contributed by atoms with van der Waals surface area (Å²) in [6.45, 7) is 5.68. The largest absolute Gasteiger partial charge is 0.339 e. The van der Waals surface area contributed by atoms with Crippen molar-refractivity contribution in [2.75, 3.05) is 10.6 Å². The average molecular weight is 329 g/mol. The molecule has 0 aliphatic rings. The number of fused-ring (bicyclic) bond motifs is 1. The molecule has 1 aromatic carbocycles.